The van der Waals surface area contributed by atoms with E-state index in [0.717, 1.165) is 43.0 Å². The van der Waals surface area contributed by atoms with Crippen molar-refractivity contribution in [2.45, 2.75) is 18.8 Å². The van der Waals surface area contributed by atoms with Gasteiger partial charge in [-0.05, 0) is 18.9 Å². The Balaban J connectivity index is 1.46. The average molecular weight is 385 g/mol. The minimum absolute atomic E-state index is 0.0110. The van der Waals surface area contributed by atoms with Gasteiger partial charge >= 0.3 is 6.03 Å². The second-order valence-electron chi connectivity index (χ2n) is 6.66. The molecule has 0 aromatic carbocycles. The highest BCUT2D eigenvalue weighted by atomic mass is 16.5. The fourth-order valence-corrected chi connectivity index (χ4v) is 3.17. The number of ether oxygens (including phenoxy) is 1. The van der Waals surface area contributed by atoms with Gasteiger partial charge < -0.3 is 20.3 Å². The smallest absolute Gasteiger partial charge is 0.317 e. The van der Waals surface area contributed by atoms with Gasteiger partial charge in [-0.2, -0.15) is 0 Å². The van der Waals surface area contributed by atoms with Crippen molar-refractivity contribution in [1.82, 2.24) is 35.5 Å². The third kappa shape index (κ3) is 5.67. The molecule has 0 radical (unpaired) electrons. The first-order chi connectivity index (χ1) is 13.8. The number of carbonyl (C=O) groups is 1. The molecule has 0 unspecified atom stereocenters. The summed E-state index contributed by atoms with van der Waals surface area (Å²) < 4.78 is 4.97. The van der Waals surface area contributed by atoms with Crippen molar-refractivity contribution in [2.75, 3.05) is 46.4 Å². The Hall–Kier alpha value is -2.65. The Morgan fingerprint density at radius 1 is 1.21 bits per heavy atom. The molecule has 0 aliphatic carbocycles. The largest absolute Gasteiger partial charge is 0.383 e. The molecular formula is C19H27N7O2. The van der Waals surface area contributed by atoms with Crippen LogP contribution in [-0.2, 0) is 4.74 Å². The van der Waals surface area contributed by atoms with Crippen molar-refractivity contribution in [3.63, 3.8) is 0 Å². The summed E-state index contributed by atoms with van der Waals surface area (Å²) in [7, 11) is 1.67. The average Bonchev–Trinajstić information content (AvgIpc) is 2.77. The van der Waals surface area contributed by atoms with Crippen LogP contribution in [0.5, 0.6) is 0 Å². The maximum absolute atomic E-state index is 12.3. The first-order valence-corrected chi connectivity index (χ1v) is 9.58. The third-order valence-corrected chi connectivity index (χ3v) is 4.74. The number of likely N-dealkylation sites (tertiary alicyclic amines) is 1. The molecular weight excluding hydrogens is 358 g/mol. The van der Waals surface area contributed by atoms with Gasteiger partial charge in [0.2, 0.25) is 0 Å². The zero-order chi connectivity index (χ0) is 19.6. The Morgan fingerprint density at radius 2 is 2.00 bits per heavy atom. The van der Waals surface area contributed by atoms with E-state index in [1.54, 1.807) is 25.7 Å². The van der Waals surface area contributed by atoms with Crippen LogP contribution in [0.3, 0.4) is 0 Å². The normalized spacial score (nSPS) is 14.8. The maximum atomic E-state index is 12.3. The molecule has 2 aromatic heterocycles. The zero-order valence-electron chi connectivity index (χ0n) is 16.2. The molecule has 1 aliphatic rings. The summed E-state index contributed by atoms with van der Waals surface area (Å²) in [5, 5.41) is 6.16. The topological polar surface area (TPSA) is 105 Å². The van der Waals surface area contributed by atoms with E-state index >= 15 is 0 Å². The minimum atomic E-state index is -0.0110. The molecule has 0 saturated carbocycles. The number of carbonyl (C=O) groups excluding carboxylic acids is 1. The molecule has 1 saturated heterocycles. The number of urea groups is 1. The number of aromatic nitrogens is 4. The van der Waals surface area contributed by atoms with Crippen molar-refractivity contribution in [2.24, 2.45) is 0 Å². The lowest BCUT2D eigenvalue weighted by Gasteiger charge is -2.31. The standard InChI is InChI=1S/C19H27N7O2/c1-28-11-8-20-6-7-24-19(27)26-9-3-15(4-10-26)18-23-5-2-17(25-18)16-12-21-14-22-13-16/h2,5,12-15,20H,3-4,6-11H2,1H3,(H,24,27). The highest BCUT2D eigenvalue weighted by Crippen LogP contribution is 2.26. The van der Waals surface area contributed by atoms with Crippen LogP contribution in [-0.4, -0.2) is 77.3 Å². The van der Waals surface area contributed by atoms with Gasteiger partial charge in [-0.1, -0.05) is 0 Å². The van der Waals surface area contributed by atoms with Crippen LogP contribution < -0.4 is 10.6 Å². The molecule has 9 heteroatoms. The quantitative estimate of drug-likeness (QED) is 0.655. The summed E-state index contributed by atoms with van der Waals surface area (Å²) in [6.07, 6.45) is 8.48. The number of nitrogens with one attached hydrogen (secondary N) is 2. The number of amides is 2. The fraction of sp³-hybridized carbons (Fsp3) is 0.526. The molecule has 28 heavy (non-hydrogen) atoms. The van der Waals surface area contributed by atoms with Crippen LogP contribution in [0.4, 0.5) is 4.79 Å². The summed E-state index contributed by atoms with van der Waals surface area (Å²) in [5.74, 6) is 1.08. The number of piperidine rings is 1. The van der Waals surface area contributed by atoms with E-state index in [-0.39, 0.29) is 11.9 Å². The summed E-state index contributed by atoms with van der Waals surface area (Å²) in [6.45, 7) is 4.20. The predicted molar refractivity (Wildman–Crippen MR) is 105 cm³/mol. The molecule has 3 rings (SSSR count). The molecule has 2 aromatic rings. The molecule has 2 N–H and O–H groups in total. The second-order valence-corrected chi connectivity index (χ2v) is 6.66. The zero-order valence-corrected chi connectivity index (χ0v) is 16.2. The van der Waals surface area contributed by atoms with Gasteiger partial charge in [-0.3, -0.25) is 0 Å². The highest BCUT2D eigenvalue weighted by Gasteiger charge is 2.25. The van der Waals surface area contributed by atoms with E-state index in [1.165, 1.54) is 6.33 Å². The van der Waals surface area contributed by atoms with E-state index in [0.29, 0.717) is 26.2 Å². The third-order valence-electron chi connectivity index (χ3n) is 4.74. The lowest BCUT2D eigenvalue weighted by molar-refractivity contribution is 0.180. The van der Waals surface area contributed by atoms with Crippen molar-refractivity contribution in [1.29, 1.82) is 0 Å². The monoisotopic (exact) mass is 385 g/mol. The molecule has 1 fully saturated rings. The van der Waals surface area contributed by atoms with E-state index in [9.17, 15) is 4.79 Å². The summed E-state index contributed by atoms with van der Waals surface area (Å²) in [5.41, 5.74) is 1.70. The van der Waals surface area contributed by atoms with Crippen LogP contribution >= 0.6 is 0 Å². The van der Waals surface area contributed by atoms with E-state index < -0.39 is 0 Å². The van der Waals surface area contributed by atoms with Gasteiger partial charge in [0, 0.05) is 69.9 Å². The summed E-state index contributed by atoms with van der Waals surface area (Å²) in [6, 6.07) is 1.86. The van der Waals surface area contributed by atoms with Crippen molar-refractivity contribution < 1.29 is 9.53 Å². The molecule has 0 spiro atoms. The molecule has 2 amide bonds. The first kappa shape index (κ1) is 20.1. The lowest BCUT2D eigenvalue weighted by atomic mass is 9.96. The Bertz CT molecular complexity index is 736. The molecule has 150 valence electrons. The first-order valence-electron chi connectivity index (χ1n) is 9.58. The van der Waals surface area contributed by atoms with Crippen molar-refractivity contribution in [3.05, 3.63) is 36.8 Å². The number of nitrogens with zero attached hydrogens (tertiary/aromatic N) is 5. The van der Waals surface area contributed by atoms with Gasteiger partial charge in [-0.25, -0.2) is 24.7 Å². The summed E-state index contributed by atoms with van der Waals surface area (Å²) in [4.78, 5) is 31.4. The van der Waals surface area contributed by atoms with Crippen LogP contribution in [0.1, 0.15) is 24.6 Å². The predicted octanol–water partition coefficient (Wildman–Crippen LogP) is 1.06. The van der Waals surface area contributed by atoms with E-state index in [4.69, 9.17) is 9.72 Å². The molecule has 3 heterocycles. The molecule has 1 aliphatic heterocycles. The number of hydrogen-bond donors (Lipinski definition) is 2. The van der Waals surface area contributed by atoms with Crippen LogP contribution in [0.2, 0.25) is 0 Å². The van der Waals surface area contributed by atoms with Gasteiger partial charge in [0.05, 0.1) is 12.3 Å². The maximum Gasteiger partial charge on any atom is 0.317 e. The second kappa shape index (κ2) is 10.6. The number of methoxy groups -OCH3 is 1. The Morgan fingerprint density at radius 3 is 2.75 bits per heavy atom. The van der Waals surface area contributed by atoms with Crippen LogP contribution in [0.25, 0.3) is 11.3 Å². The van der Waals surface area contributed by atoms with Gasteiger partial charge in [-0.15, -0.1) is 0 Å². The minimum Gasteiger partial charge on any atom is -0.383 e. The Kier molecular flexibility index (Phi) is 7.62. The van der Waals surface area contributed by atoms with Gasteiger partial charge in [0.15, 0.2) is 0 Å². The van der Waals surface area contributed by atoms with Gasteiger partial charge in [0.1, 0.15) is 12.2 Å². The van der Waals surface area contributed by atoms with E-state index in [2.05, 4.69) is 25.6 Å². The number of hydrogen-bond acceptors (Lipinski definition) is 7. The van der Waals surface area contributed by atoms with Gasteiger partial charge in [0.25, 0.3) is 0 Å². The lowest BCUT2D eigenvalue weighted by Crippen LogP contribution is -2.46. The highest BCUT2D eigenvalue weighted by molar-refractivity contribution is 5.74. The number of rotatable bonds is 8. The fourth-order valence-electron chi connectivity index (χ4n) is 3.17. The Labute approximate surface area is 165 Å². The van der Waals surface area contributed by atoms with Crippen LogP contribution in [0.15, 0.2) is 31.0 Å². The summed E-state index contributed by atoms with van der Waals surface area (Å²) >= 11 is 0. The molecule has 0 bridgehead atoms. The van der Waals surface area contributed by atoms with Crippen molar-refractivity contribution >= 4 is 6.03 Å². The molecule has 9 nitrogen and oxygen atoms in total. The van der Waals surface area contributed by atoms with Crippen LogP contribution in [0, 0.1) is 0 Å². The van der Waals surface area contributed by atoms with E-state index in [1.807, 2.05) is 11.0 Å². The molecule has 0 atom stereocenters. The van der Waals surface area contributed by atoms with Crippen molar-refractivity contribution in [3.8, 4) is 11.3 Å². The SMILES string of the molecule is COCCNCCNC(=O)N1CCC(c2nccc(-c3cncnc3)n2)CC1.